The molecule has 0 aliphatic carbocycles. The van der Waals surface area contributed by atoms with E-state index >= 15 is 0 Å². The molecular formula is C13H16N2O3. The Morgan fingerprint density at radius 1 is 1.44 bits per heavy atom. The number of hydrogen-bond donors (Lipinski definition) is 1. The molecule has 0 spiro atoms. The number of para-hydroxylation sites is 1. The normalized spacial score (nSPS) is 20.2. The number of nitrogens with zero attached hydrogens (tertiary/aromatic N) is 1. The first-order chi connectivity index (χ1) is 8.81. The summed E-state index contributed by atoms with van der Waals surface area (Å²) in [5.41, 5.74) is 1.44. The molecule has 5 nitrogen and oxygen atoms in total. The van der Waals surface area contributed by atoms with Gasteiger partial charge in [-0.15, -0.1) is 0 Å². The molecule has 1 fully saturated rings. The fourth-order valence-corrected chi connectivity index (χ4v) is 2.51. The van der Waals surface area contributed by atoms with Gasteiger partial charge < -0.3 is 14.5 Å². The maximum Gasteiger partial charge on any atom is 0.328 e. The first kappa shape index (κ1) is 11.3. The van der Waals surface area contributed by atoms with Gasteiger partial charge in [0, 0.05) is 6.61 Å². The molecule has 2 aromatic rings. The van der Waals surface area contributed by atoms with Crippen LogP contribution in [0.3, 0.4) is 0 Å². The number of imidazole rings is 1. The molecule has 1 aromatic heterocycles. The van der Waals surface area contributed by atoms with Crippen molar-refractivity contribution < 1.29 is 9.47 Å². The van der Waals surface area contributed by atoms with Crippen LogP contribution in [0, 0.1) is 0 Å². The van der Waals surface area contributed by atoms with E-state index in [9.17, 15) is 4.79 Å². The molecule has 1 atom stereocenters. The van der Waals surface area contributed by atoms with Crippen LogP contribution in [0.25, 0.3) is 11.0 Å². The third-order valence-corrected chi connectivity index (χ3v) is 3.38. The van der Waals surface area contributed by atoms with Crippen LogP contribution in [0.4, 0.5) is 0 Å². The molecule has 0 saturated carbocycles. The molecule has 1 aliphatic rings. The van der Waals surface area contributed by atoms with Gasteiger partial charge >= 0.3 is 5.69 Å². The lowest BCUT2D eigenvalue weighted by atomic mass is 10.2. The SMILES string of the molecule is COc1cccc2c1[nH]c(=O)n2C1CCCCO1. The summed E-state index contributed by atoms with van der Waals surface area (Å²) in [5, 5.41) is 0. The molecule has 96 valence electrons. The van der Waals surface area contributed by atoms with E-state index in [4.69, 9.17) is 9.47 Å². The van der Waals surface area contributed by atoms with Gasteiger partial charge in [0.15, 0.2) is 0 Å². The molecule has 1 unspecified atom stereocenters. The van der Waals surface area contributed by atoms with E-state index in [1.165, 1.54) is 0 Å². The van der Waals surface area contributed by atoms with Gasteiger partial charge in [-0.1, -0.05) is 6.07 Å². The lowest BCUT2D eigenvalue weighted by Gasteiger charge is -2.23. The Morgan fingerprint density at radius 3 is 3.06 bits per heavy atom. The predicted octanol–water partition coefficient (Wildman–Crippen LogP) is 2.04. The molecule has 0 amide bonds. The number of ether oxygens (including phenoxy) is 2. The van der Waals surface area contributed by atoms with Crippen LogP contribution in [0.15, 0.2) is 23.0 Å². The van der Waals surface area contributed by atoms with Crippen LogP contribution in [0.1, 0.15) is 25.5 Å². The topological polar surface area (TPSA) is 56.2 Å². The highest BCUT2D eigenvalue weighted by molar-refractivity contribution is 5.81. The number of hydrogen-bond acceptors (Lipinski definition) is 3. The van der Waals surface area contributed by atoms with Gasteiger partial charge in [-0.05, 0) is 31.4 Å². The van der Waals surface area contributed by atoms with Crippen LogP contribution >= 0.6 is 0 Å². The van der Waals surface area contributed by atoms with Crippen LogP contribution in [0.5, 0.6) is 5.75 Å². The fraction of sp³-hybridized carbons (Fsp3) is 0.462. The maximum absolute atomic E-state index is 12.1. The van der Waals surface area contributed by atoms with Crippen LogP contribution < -0.4 is 10.4 Å². The van der Waals surface area contributed by atoms with E-state index in [1.54, 1.807) is 11.7 Å². The molecular weight excluding hydrogens is 232 g/mol. The third-order valence-electron chi connectivity index (χ3n) is 3.38. The second-order valence-corrected chi connectivity index (χ2v) is 4.48. The summed E-state index contributed by atoms with van der Waals surface area (Å²) >= 11 is 0. The fourth-order valence-electron chi connectivity index (χ4n) is 2.51. The number of fused-ring (bicyclic) bond motifs is 1. The van der Waals surface area contributed by atoms with Crippen LogP contribution in [0.2, 0.25) is 0 Å². The van der Waals surface area contributed by atoms with Crippen LogP contribution in [-0.4, -0.2) is 23.3 Å². The number of benzene rings is 1. The number of aromatic amines is 1. The summed E-state index contributed by atoms with van der Waals surface area (Å²) in [4.78, 5) is 14.9. The molecule has 0 bridgehead atoms. The molecule has 1 aromatic carbocycles. The highest BCUT2D eigenvalue weighted by atomic mass is 16.5. The summed E-state index contributed by atoms with van der Waals surface area (Å²) in [6.45, 7) is 0.716. The van der Waals surface area contributed by atoms with Crippen molar-refractivity contribution in [3.05, 3.63) is 28.7 Å². The second kappa shape index (κ2) is 4.49. The second-order valence-electron chi connectivity index (χ2n) is 4.48. The van der Waals surface area contributed by atoms with Gasteiger partial charge in [0.1, 0.15) is 17.5 Å². The Kier molecular flexibility index (Phi) is 2.83. The first-order valence-corrected chi connectivity index (χ1v) is 6.20. The Balaban J connectivity index is 2.16. The Labute approximate surface area is 104 Å². The smallest absolute Gasteiger partial charge is 0.328 e. The van der Waals surface area contributed by atoms with E-state index in [-0.39, 0.29) is 11.9 Å². The predicted molar refractivity (Wildman–Crippen MR) is 68.0 cm³/mol. The Hall–Kier alpha value is -1.75. The largest absolute Gasteiger partial charge is 0.494 e. The quantitative estimate of drug-likeness (QED) is 0.884. The number of methoxy groups -OCH3 is 1. The minimum atomic E-state index is -0.160. The minimum Gasteiger partial charge on any atom is -0.494 e. The van der Waals surface area contributed by atoms with Gasteiger partial charge in [0.25, 0.3) is 0 Å². The van der Waals surface area contributed by atoms with Crippen molar-refractivity contribution >= 4 is 11.0 Å². The number of H-pyrrole nitrogens is 1. The van der Waals surface area contributed by atoms with Crippen molar-refractivity contribution in [2.45, 2.75) is 25.5 Å². The van der Waals surface area contributed by atoms with Gasteiger partial charge in [0.05, 0.1) is 12.6 Å². The third kappa shape index (κ3) is 1.71. The van der Waals surface area contributed by atoms with Crippen molar-refractivity contribution in [2.75, 3.05) is 13.7 Å². The van der Waals surface area contributed by atoms with E-state index in [2.05, 4.69) is 4.98 Å². The van der Waals surface area contributed by atoms with Crippen molar-refractivity contribution in [2.24, 2.45) is 0 Å². The zero-order chi connectivity index (χ0) is 12.5. The van der Waals surface area contributed by atoms with Crippen molar-refractivity contribution in [1.82, 2.24) is 9.55 Å². The summed E-state index contributed by atoms with van der Waals surface area (Å²) in [6, 6.07) is 5.63. The van der Waals surface area contributed by atoms with Crippen molar-refractivity contribution in [3.8, 4) is 5.75 Å². The highest BCUT2D eigenvalue weighted by Gasteiger charge is 2.21. The molecule has 1 saturated heterocycles. The van der Waals surface area contributed by atoms with Gasteiger partial charge in [0.2, 0.25) is 0 Å². The molecule has 5 heteroatoms. The highest BCUT2D eigenvalue weighted by Crippen LogP contribution is 2.28. The van der Waals surface area contributed by atoms with Crippen molar-refractivity contribution in [3.63, 3.8) is 0 Å². The van der Waals surface area contributed by atoms with E-state index in [0.29, 0.717) is 12.4 Å². The van der Waals surface area contributed by atoms with E-state index in [1.807, 2.05) is 18.2 Å². The molecule has 2 heterocycles. The van der Waals surface area contributed by atoms with Gasteiger partial charge in [-0.25, -0.2) is 4.79 Å². The first-order valence-electron chi connectivity index (χ1n) is 6.20. The Bertz CT molecular complexity index is 608. The summed E-state index contributed by atoms with van der Waals surface area (Å²) in [7, 11) is 1.60. The molecule has 0 radical (unpaired) electrons. The Morgan fingerprint density at radius 2 is 2.33 bits per heavy atom. The summed E-state index contributed by atoms with van der Waals surface area (Å²) in [6.07, 6.45) is 2.88. The van der Waals surface area contributed by atoms with E-state index < -0.39 is 0 Å². The standard InChI is InChI=1S/C13H16N2O3/c1-17-10-6-4-5-9-12(10)14-13(16)15(9)11-7-2-3-8-18-11/h4-6,11H,2-3,7-8H2,1H3,(H,14,16). The maximum atomic E-state index is 12.1. The van der Waals surface area contributed by atoms with E-state index in [0.717, 1.165) is 30.3 Å². The van der Waals surface area contributed by atoms with Crippen LogP contribution in [-0.2, 0) is 4.74 Å². The van der Waals surface area contributed by atoms with Gasteiger partial charge in [-0.3, -0.25) is 4.57 Å². The minimum absolute atomic E-state index is 0.138. The van der Waals surface area contributed by atoms with Gasteiger partial charge in [-0.2, -0.15) is 0 Å². The monoisotopic (exact) mass is 248 g/mol. The van der Waals surface area contributed by atoms with Crippen molar-refractivity contribution in [1.29, 1.82) is 0 Å². The molecule has 3 rings (SSSR count). The number of rotatable bonds is 2. The molecule has 1 aliphatic heterocycles. The average Bonchev–Trinajstić information content (AvgIpc) is 2.75. The number of nitrogens with one attached hydrogen (secondary N) is 1. The molecule has 18 heavy (non-hydrogen) atoms. The lowest BCUT2D eigenvalue weighted by molar-refractivity contribution is -0.0313. The molecule has 1 N–H and O–H groups in total. The average molecular weight is 248 g/mol. The summed E-state index contributed by atoms with van der Waals surface area (Å²) in [5.74, 6) is 0.680. The zero-order valence-electron chi connectivity index (χ0n) is 10.3. The zero-order valence-corrected chi connectivity index (χ0v) is 10.3. The summed E-state index contributed by atoms with van der Waals surface area (Å²) < 4.78 is 12.6. The lowest BCUT2D eigenvalue weighted by Crippen LogP contribution is -2.26. The number of aromatic nitrogens is 2.